The van der Waals surface area contributed by atoms with Crippen molar-refractivity contribution in [2.24, 2.45) is 11.3 Å². The van der Waals surface area contributed by atoms with E-state index in [9.17, 15) is 5.11 Å². The van der Waals surface area contributed by atoms with Crippen LogP contribution in [0.1, 0.15) is 32.8 Å². The predicted octanol–water partition coefficient (Wildman–Crippen LogP) is 3.26. The fourth-order valence-corrected chi connectivity index (χ4v) is 4.15. The van der Waals surface area contributed by atoms with Crippen LogP contribution in [-0.4, -0.2) is 56.1 Å². The van der Waals surface area contributed by atoms with Crippen LogP contribution in [0.25, 0.3) is 0 Å². The first-order valence-electron chi connectivity index (χ1n) is 9.99. The summed E-state index contributed by atoms with van der Waals surface area (Å²) in [5, 5.41) is 9.96. The number of aliphatic hydroxyl groups excluding tert-OH is 1. The summed E-state index contributed by atoms with van der Waals surface area (Å²) in [5.74, 6) is 2.11. The van der Waals surface area contributed by atoms with Crippen molar-refractivity contribution in [3.8, 4) is 11.5 Å². The Hall–Kier alpha value is -1.56. The molecule has 2 atom stereocenters. The molecule has 150 valence electrons. The molecule has 0 spiro atoms. The van der Waals surface area contributed by atoms with Crippen LogP contribution in [0.3, 0.4) is 0 Å². The number of allylic oxidation sites excluding steroid dienone is 1. The van der Waals surface area contributed by atoms with Crippen molar-refractivity contribution in [1.29, 1.82) is 0 Å². The van der Waals surface area contributed by atoms with Gasteiger partial charge in [-0.3, -0.25) is 4.90 Å². The lowest BCUT2D eigenvalue weighted by molar-refractivity contribution is -0.0561. The third-order valence-corrected chi connectivity index (χ3v) is 5.64. The van der Waals surface area contributed by atoms with Gasteiger partial charge in [0, 0.05) is 31.7 Å². The second-order valence-electron chi connectivity index (χ2n) is 8.03. The lowest BCUT2D eigenvalue weighted by atomic mass is 9.76. The standard InChI is InChI=1S/C22H33NO4/c1-4-26-21-11-18(5-6-20(21)27-10-7-17(2)3)12-23-13-19-8-9-25-16-22(19,14-23)15-24/h5-7,11,19,24H,4,8-10,12-16H2,1-3H3/t19-,22+/m0/s1. The van der Waals surface area contributed by atoms with Gasteiger partial charge in [-0.15, -0.1) is 0 Å². The van der Waals surface area contributed by atoms with E-state index in [4.69, 9.17) is 14.2 Å². The fourth-order valence-electron chi connectivity index (χ4n) is 4.15. The summed E-state index contributed by atoms with van der Waals surface area (Å²) in [7, 11) is 0. The van der Waals surface area contributed by atoms with Crippen molar-refractivity contribution in [3.05, 3.63) is 35.4 Å². The largest absolute Gasteiger partial charge is 0.490 e. The molecule has 0 saturated carbocycles. The second-order valence-corrected chi connectivity index (χ2v) is 8.03. The van der Waals surface area contributed by atoms with Crippen LogP contribution in [0.4, 0.5) is 0 Å². The summed E-state index contributed by atoms with van der Waals surface area (Å²) < 4.78 is 17.4. The normalized spacial score (nSPS) is 25.1. The van der Waals surface area contributed by atoms with Gasteiger partial charge in [0.05, 0.1) is 19.8 Å². The molecule has 5 heteroatoms. The Kier molecular flexibility index (Phi) is 6.79. The molecule has 0 unspecified atom stereocenters. The molecule has 2 fully saturated rings. The molecular formula is C22H33NO4. The third kappa shape index (κ3) is 4.84. The van der Waals surface area contributed by atoms with Gasteiger partial charge in [-0.05, 0) is 56.9 Å². The first-order chi connectivity index (χ1) is 13.1. The van der Waals surface area contributed by atoms with Gasteiger partial charge in [-0.25, -0.2) is 0 Å². The molecule has 0 amide bonds. The average molecular weight is 376 g/mol. The van der Waals surface area contributed by atoms with Gasteiger partial charge < -0.3 is 19.3 Å². The van der Waals surface area contributed by atoms with E-state index in [1.54, 1.807) is 0 Å². The maximum atomic E-state index is 9.96. The monoisotopic (exact) mass is 375 g/mol. The highest BCUT2D eigenvalue weighted by atomic mass is 16.5. The Morgan fingerprint density at radius 2 is 2.19 bits per heavy atom. The Balaban J connectivity index is 1.68. The Morgan fingerprint density at radius 3 is 2.89 bits per heavy atom. The molecule has 1 aromatic carbocycles. The van der Waals surface area contributed by atoms with Crippen LogP contribution in [0.2, 0.25) is 0 Å². The van der Waals surface area contributed by atoms with Crippen LogP contribution in [-0.2, 0) is 11.3 Å². The lowest BCUT2D eigenvalue weighted by Crippen LogP contribution is -2.42. The van der Waals surface area contributed by atoms with Crippen molar-refractivity contribution in [2.75, 3.05) is 46.1 Å². The van der Waals surface area contributed by atoms with Gasteiger partial charge in [-0.2, -0.15) is 0 Å². The van der Waals surface area contributed by atoms with E-state index < -0.39 is 0 Å². The number of likely N-dealkylation sites (tertiary alicyclic amines) is 1. The van der Waals surface area contributed by atoms with Gasteiger partial charge in [0.2, 0.25) is 0 Å². The SMILES string of the molecule is CCOc1cc(CN2C[C@@H]3CCOC[C@]3(CO)C2)ccc1OCC=C(C)C. The van der Waals surface area contributed by atoms with Gasteiger partial charge in [0.1, 0.15) is 6.61 Å². The van der Waals surface area contributed by atoms with E-state index in [-0.39, 0.29) is 12.0 Å². The molecular weight excluding hydrogens is 342 g/mol. The van der Waals surface area contributed by atoms with Gasteiger partial charge >= 0.3 is 0 Å². The summed E-state index contributed by atoms with van der Waals surface area (Å²) in [6.45, 7) is 11.7. The highest BCUT2D eigenvalue weighted by Crippen LogP contribution is 2.41. The number of nitrogens with zero attached hydrogens (tertiary/aromatic N) is 1. The number of ether oxygens (including phenoxy) is 3. The van der Waals surface area contributed by atoms with E-state index in [1.165, 1.54) is 11.1 Å². The van der Waals surface area contributed by atoms with E-state index in [2.05, 4.69) is 37.0 Å². The maximum Gasteiger partial charge on any atom is 0.161 e. The smallest absolute Gasteiger partial charge is 0.161 e. The molecule has 1 N–H and O–H groups in total. The number of fused-ring (bicyclic) bond motifs is 1. The van der Waals surface area contributed by atoms with Gasteiger partial charge in [-0.1, -0.05) is 11.6 Å². The Bertz CT molecular complexity index is 656. The maximum absolute atomic E-state index is 9.96. The first kappa shape index (κ1) is 20.2. The fraction of sp³-hybridized carbons (Fsp3) is 0.636. The minimum atomic E-state index is -0.0889. The Morgan fingerprint density at radius 1 is 1.33 bits per heavy atom. The second kappa shape index (κ2) is 9.09. The molecule has 1 aromatic rings. The molecule has 0 aliphatic carbocycles. The first-order valence-corrected chi connectivity index (χ1v) is 9.99. The minimum Gasteiger partial charge on any atom is -0.490 e. The average Bonchev–Trinajstić information content (AvgIpc) is 3.02. The number of benzene rings is 1. The molecule has 2 aliphatic rings. The highest BCUT2D eigenvalue weighted by molar-refractivity contribution is 5.43. The van der Waals surface area contributed by atoms with E-state index >= 15 is 0 Å². The van der Waals surface area contributed by atoms with Crippen LogP contribution < -0.4 is 9.47 Å². The summed E-state index contributed by atoms with van der Waals surface area (Å²) >= 11 is 0. The van der Waals surface area contributed by atoms with Gasteiger partial charge in [0.25, 0.3) is 0 Å². The Labute approximate surface area is 162 Å². The van der Waals surface area contributed by atoms with Crippen LogP contribution >= 0.6 is 0 Å². The summed E-state index contributed by atoms with van der Waals surface area (Å²) in [4.78, 5) is 2.43. The van der Waals surface area contributed by atoms with Crippen molar-refractivity contribution in [1.82, 2.24) is 4.90 Å². The summed E-state index contributed by atoms with van der Waals surface area (Å²) in [6, 6.07) is 6.21. The molecule has 5 nitrogen and oxygen atoms in total. The summed E-state index contributed by atoms with van der Waals surface area (Å²) in [6.07, 6.45) is 3.10. The van der Waals surface area contributed by atoms with Crippen molar-refractivity contribution in [2.45, 2.75) is 33.7 Å². The van der Waals surface area contributed by atoms with Crippen LogP contribution in [0.5, 0.6) is 11.5 Å². The van der Waals surface area contributed by atoms with Crippen molar-refractivity contribution < 1.29 is 19.3 Å². The molecule has 2 saturated heterocycles. The van der Waals surface area contributed by atoms with Gasteiger partial charge in [0.15, 0.2) is 11.5 Å². The molecule has 0 radical (unpaired) electrons. The highest BCUT2D eigenvalue weighted by Gasteiger charge is 2.47. The number of hydrogen-bond donors (Lipinski definition) is 1. The van der Waals surface area contributed by atoms with Crippen LogP contribution in [0, 0.1) is 11.3 Å². The van der Waals surface area contributed by atoms with E-state index in [0.717, 1.165) is 44.2 Å². The molecule has 27 heavy (non-hydrogen) atoms. The van der Waals surface area contributed by atoms with Crippen LogP contribution in [0.15, 0.2) is 29.8 Å². The molecule has 0 aromatic heterocycles. The minimum absolute atomic E-state index is 0.0889. The van der Waals surface area contributed by atoms with Crippen molar-refractivity contribution >= 4 is 0 Å². The lowest BCUT2D eigenvalue weighted by Gasteiger charge is -2.36. The quantitative estimate of drug-likeness (QED) is 0.707. The topological polar surface area (TPSA) is 51.2 Å². The predicted molar refractivity (Wildman–Crippen MR) is 106 cm³/mol. The zero-order valence-corrected chi connectivity index (χ0v) is 16.9. The third-order valence-electron chi connectivity index (χ3n) is 5.64. The van der Waals surface area contributed by atoms with E-state index in [0.29, 0.717) is 25.7 Å². The molecule has 2 aliphatic heterocycles. The number of hydrogen-bond acceptors (Lipinski definition) is 5. The zero-order chi connectivity index (χ0) is 19.3. The van der Waals surface area contributed by atoms with Crippen molar-refractivity contribution in [3.63, 3.8) is 0 Å². The molecule has 0 bridgehead atoms. The molecule has 2 heterocycles. The zero-order valence-electron chi connectivity index (χ0n) is 16.9. The number of aliphatic hydroxyl groups is 1. The molecule has 3 rings (SSSR count). The van der Waals surface area contributed by atoms with E-state index in [1.807, 2.05) is 13.0 Å². The number of rotatable bonds is 8. The summed E-state index contributed by atoms with van der Waals surface area (Å²) in [5.41, 5.74) is 2.36.